The van der Waals surface area contributed by atoms with Gasteiger partial charge in [-0.2, -0.15) is 0 Å². The van der Waals surface area contributed by atoms with Crippen molar-refractivity contribution in [2.75, 3.05) is 0 Å². The van der Waals surface area contributed by atoms with Crippen LogP contribution in [0.15, 0.2) is 0 Å². The normalized spacial score (nSPS) is 31.9. The van der Waals surface area contributed by atoms with Gasteiger partial charge < -0.3 is 10.2 Å². The summed E-state index contributed by atoms with van der Waals surface area (Å²) in [6.07, 6.45) is 3.52. The number of rotatable bonds is 1. The summed E-state index contributed by atoms with van der Waals surface area (Å²) in [5.41, 5.74) is 0. The van der Waals surface area contributed by atoms with Gasteiger partial charge in [0.2, 0.25) is 0 Å². The average Bonchev–Trinajstić information content (AvgIpc) is 2.04. The van der Waals surface area contributed by atoms with Crippen molar-refractivity contribution in [1.29, 1.82) is 0 Å². The third-order valence-corrected chi connectivity index (χ3v) is 2.99. The van der Waals surface area contributed by atoms with E-state index >= 15 is 0 Å². The molecule has 0 aromatic rings. The molecule has 0 bridgehead atoms. The van der Waals surface area contributed by atoms with Crippen LogP contribution in [0.3, 0.4) is 0 Å². The number of aliphatic hydroxyl groups is 1. The molecule has 3 heteroatoms. The standard InChI is InChI=1S/C10H20O.CH2O2/c1-7(2)9-5-4-8(3)6-10(9)11;2-1-3/h7-11H,4-6H2,1-3H3;1H,(H,2,3). The van der Waals surface area contributed by atoms with Crippen LogP contribution in [0.5, 0.6) is 0 Å². The van der Waals surface area contributed by atoms with Crippen LogP contribution in [-0.4, -0.2) is 22.8 Å². The highest BCUT2D eigenvalue weighted by Crippen LogP contribution is 2.33. The van der Waals surface area contributed by atoms with E-state index < -0.39 is 0 Å². The Morgan fingerprint density at radius 3 is 2.21 bits per heavy atom. The van der Waals surface area contributed by atoms with Crippen LogP contribution in [0.25, 0.3) is 0 Å². The van der Waals surface area contributed by atoms with Crippen LogP contribution in [0, 0.1) is 17.8 Å². The Labute approximate surface area is 86.1 Å². The van der Waals surface area contributed by atoms with E-state index in [0.717, 1.165) is 12.3 Å². The minimum absolute atomic E-state index is 0.0289. The van der Waals surface area contributed by atoms with E-state index in [2.05, 4.69) is 20.8 Å². The lowest BCUT2D eigenvalue weighted by atomic mass is 9.75. The van der Waals surface area contributed by atoms with Gasteiger partial charge in [-0.1, -0.05) is 27.2 Å². The molecule has 0 saturated heterocycles. The largest absolute Gasteiger partial charge is 0.483 e. The monoisotopic (exact) mass is 202 g/mol. The Morgan fingerprint density at radius 1 is 1.36 bits per heavy atom. The van der Waals surface area contributed by atoms with Crippen molar-refractivity contribution < 1.29 is 15.0 Å². The molecule has 0 aromatic carbocycles. The van der Waals surface area contributed by atoms with Crippen molar-refractivity contribution >= 4 is 6.47 Å². The molecule has 0 spiro atoms. The van der Waals surface area contributed by atoms with Gasteiger partial charge in [0.25, 0.3) is 6.47 Å². The number of aliphatic hydroxyl groups excluding tert-OH is 1. The summed E-state index contributed by atoms with van der Waals surface area (Å²) in [5, 5.41) is 16.6. The van der Waals surface area contributed by atoms with E-state index in [1.807, 2.05) is 0 Å². The summed E-state index contributed by atoms with van der Waals surface area (Å²) in [6, 6.07) is 0. The first-order valence-corrected chi connectivity index (χ1v) is 5.28. The van der Waals surface area contributed by atoms with Gasteiger partial charge in [-0.3, -0.25) is 4.79 Å². The topological polar surface area (TPSA) is 57.5 Å². The van der Waals surface area contributed by atoms with Gasteiger partial charge in [0.15, 0.2) is 0 Å². The quantitative estimate of drug-likeness (QED) is 0.640. The minimum atomic E-state index is -0.250. The zero-order chi connectivity index (χ0) is 11.1. The number of carboxylic acid groups (broad SMARTS) is 1. The summed E-state index contributed by atoms with van der Waals surface area (Å²) in [5.74, 6) is 1.95. The fourth-order valence-electron chi connectivity index (χ4n) is 2.15. The van der Waals surface area contributed by atoms with Gasteiger partial charge in [-0.25, -0.2) is 0 Å². The summed E-state index contributed by atoms with van der Waals surface area (Å²) in [4.78, 5) is 8.36. The third kappa shape index (κ3) is 4.61. The van der Waals surface area contributed by atoms with E-state index in [1.54, 1.807) is 0 Å². The first kappa shape index (κ1) is 13.4. The van der Waals surface area contributed by atoms with Crippen LogP contribution in [0.2, 0.25) is 0 Å². The van der Waals surface area contributed by atoms with Crippen molar-refractivity contribution in [3.05, 3.63) is 0 Å². The predicted octanol–water partition coefficient (Wildman–Crippen LogP) is 2.14. The molecule has 1 rings (SSSR count). The predicted molar refractivity (Wildman–Crippen MR) is 56.0 cm³/mol. The Kier molecular flexibility index (Phi) is 6.54. The van der Waals surface area contributed by atoms with E-state index in [-0.39, 0.29) is 12.6 Å². The highest BCUT2D eigenvalue weighted by atomic mass is 16.3. The molecule has 84 valence electrons. The highest BCUT2D eigenvalue weighted by Gasteiger charge is 2.28. The molecular formula is C11H22O3. The molecular weight excluding hydrogens is 180 g/mol. The van der Waals surface area contributed by atoms with Crippen LogP contribution in [-0.2, 0) is 4.79 Å². The molecule has 1 saturated carbocycles. The molecule has 2 N–H and O–H groups in total. The average molecular weight is 202 g/mol. The van der Waals surface area contributed by atoms with Gasteiger partial charge in [0.05, 0.1) is 6.10 Å². The minimum Gasteiger partial charge on any atom is -0.483 e. The molecule has 0 aromatic heterocycles. The molecule has 0 amide bonds. The van der Waals surface area contributed by atoms with Crippen molar-refractivity contribution in [2.45, 2.75) is 46.1 Å². The smallest absolute Gasteiger partial charge is 0.290 e. The third-order valence-electron chi connectivity index (χ3n) is 2.99. The summed E-state index contributed by atoms with van der Waals surface area (Å²) >= 11 is 0. The van der Waals surface area contributed by atoms with Gasteiger partial charge in [0, 0.05) is 0 Å². The maximum absolute atomic E-state index is 9.71. The number of carbonyl (C=O) groups is 1. The van der Waals surface area contributed by atoms with E-state index in [9.17, 15) is 5.11 Å². The lowest BCUT2D eigenvalue weighted by molar-refractivity contribution is -0.122. The second-order valence-corrected chi connectivity index (χ2v) is 4.50. The Hall–Kier alpha value is -0.570. The second kappa shape index (κ2) is 6.82. The lowest BCUT2D eigenvalue weighted by Gasteiger charge is -2.33. The maximum Gasteiger partial charge on any atom is 0.290 e. The van der Waals surface area contributed by atoms with Gasteiger partial charge in [-0.15, -0.1) is 0 Å². The second-order valence-electron chi connectivity index (χ2n) is 4.50. The van der Waals surface area contributed by atoms with Gasteiger partial charge in [-0.05, 0) is 30.6 Å². The van der Waals surface area contributed by atoms with Crippen LogP contribution in [0.4, 0.5) is 0 Å². The molecule has 14 heavy (non-hydrogen) atoms. The van der Waals surface area contributed by atoms with E-state index in [0.29, 0.717) is 11.8 Å². The van der Waals surface area contributed by atoms with Crippen molar-refractivity contribution in [1.82, 2.24) is 0 Å². The Bertz CT molecular complexity index is 157. The lowest BCUT2D eigenvalue weighted by Crippen LogP contribution is -2.31. The molecule has 0 aliphatic heterocycles. The summed E-state index contributed by atoms with van der Waals surface area (Å²) < 4.78 is 0. The van der Waals surface area contributed by atoms with E-state index in [1.165, 1.54) is 12.8 Å². The number of hydrogen-bond acceptors (Lipinski definition) is 2. The number of hydrogen-bond donors (Lipinski definition) is 2. The van der Waals surface area contributed by atoms with Gasteiger partial charge in [0.1, 0.15) is 0 Å². The SMILES string of the molecule is CC1CCC(C(C)C)C(O)C1.O=CO. The molecule has 1 aliphatic carbocycles. The molecule has 3 unspecified atom stereocenters. The first-order valence-electron chi connectivity index (χ1n) is 5.28. The Balaban J connectivity index is 0.000000500. The maximum atomic E-state index is 9.71. The molecule has 1 aliphatic rings. The molecule has 0 heterocycles. The molecule has 3 nitrogen and oxygen atoms in total. The van der Waals surface area contributed by atoms with E-state index in [4.69, 9.17) is 9.90 Å². The zero-order valence-corrected chi connectivity index (χ0v) is 9.31. The van der Waals surface area contributed by atoms with Crippen molar-refractivity contribution in [3.63, 3.8) is 0 Å². The van der Waals surface area contributed by atoms with Crippen LogP contribution >= 0.6 is 0 Å². The Morgan fingerprint density at radius 2 is 1.86 bits per heavy atom. The van der Waals surface area contributed by atoms with Crippen molar-refractivity contribution in [2.24, 2.45) is 17.8 Å². The first-order chi connectivity index (χ1) is 6.52. The van der Waals surface area contributed by atoms with Crippen LogP contribution < -0.4 is 0 Å². The highest BCUT2D eigenvalue weighted by molar-refractivity contribution is 5.32. The summed E-state index contributed by atoms with van der Waals surface area (Å²) in [7, 11) is 0. The molecule has 3 atom stereocenters. The van der Waals surface area contributed by atoms with Crippen LogP contribution in [0.1, 0.15) is 40.0 Å². The summed E-state index contributed by atoms with van der Waals surface area (Å²) in [6.45, 7) is 6.41. The van der Waals surface area contributed by atoms with Crippen molar-refractivity contribution in [3.8, 4) is 0 Å². The fourth-order valence-corrected chi connectivity index (χ4v) is 2.15. The zero-order valence-electron chi connectivity index (χ0n) is 9.31. The molecule has 0 radical (unpaired) electrons. The fraction of sp³-hybridized carbons (Fsp3) is 0.909. The molecule has 1 fully saturated rings. The van der Waals surface area contributed by atoms with Gasteiger partial charge >= 0.3 is 0 Å².